The number of methoxy groups -OCH3 is 1. The number of hydrogen-bond donors (Lipinski definition) is 1. The summed E-state index contributed by atoms with van der Waals surface area (Å²) >= 11 is 0. The van der Waals surface area contributed by atoms with Crippen LogP contribution in [0.4, 0.5) is 0 Å². The minimum atomic E-state index is -3.83. The van der Waals surface area contributed by atoms with Gasteiger partial charge >= 0.3 is 5.97 Å². The van der Waals surface area contributed by atoms with Crippen molar-refractivity contribution in [2.45, 2.75) is 31.4 Å². The molecule has 0 fully saturated rings. The molecule has 0 saturated carbocycles. The lowest BCUT2D eigenvalue weighted by Gasteiger charge is -2.13. The number of hydrogen-bond acceptors (Lipinski definition) is 7. The van der Waals surface area contributed by atoms with Crippen molar-refractivity contribution >= 4 is 26.9 Å². The van der Waals surface area contributed by atoms with Gasteiger partial charge in [0.1, 0.15) is 11.5 Å². The van der Waals surface area contributed by atoms with Gasteiger partial charge in [0.05, 0.1) is 42.8 Å². The van der Waals surface area contributed by atoms with Crippen LogP contribution in [0.15, 0.2) is 114 Å². The summed E-state index contributed by atoms with van der Waals surface area (Å²) in [5.74, 6) is 0.675. The monoisotopic (exact) mass is 621 g/mol. The molecule has 0 atom stereocenters. The van der Waals surface area contributed by atoms with E-state index in [1.807, 2.05) is 72.4 Å². The molecule has 2 aromatic heterocycles. The molecular weight excluding hydrogens is 590 g/mol. The van der Waals surface area contributed by atoms with Crippen molar-refractivity contribution in [1.82, 2.24) is 13.8 Å². The molecule has 0 aliphatic carbocycles. The number of rotatable bonds is 10. The van der Waals surface area contributed by atoms with Gasteiger partial charge in [0, 0.05) is 28.9 Å². The summed E-state index contributed by atoms with van der Waals surface area (Å²) in [6, 6.07) is 28.9. The Bertz CT molecular complexity index is 2110. The van der Waals surface area contributed by atoms with Crippen LogP contribution in [0.5, 0.6) is 11.5 Å². The third kappa shape index (κ3) is 6.24. The first-order chi connectivity index (χ1) is 21.7. The van der Waals surface area contributed by atoms with E-state index < -0.39 is 10.0 Å². The van der Waals surface area contributed by atoms with E-state index in [0.717, 1.165) is 27.9 Å². The molecule has 228 valence electrons. The maximum absolute atomic E-state index is 13.4. The van der Waals surface area contributed by atoms with E-state index in [4.69, 9.17) is 14.6 Å². The average molecular weight is 622 g/mol. The molecule has 0 aliphatic rings. The topological polar surface area (TPSA) is 113 Å². The molecule has 0 amide bonds. The van der Waals surface area contributed by atoms with Crippen molar-refractivity contribution in [2.24, 2.45) is 0 Å². The van der Waals surface area contributed by atoms with E-state index >= 15 is 0 Å². The van der Waals surface area contributed by atoms with Gasteiger partial charge in [-0.25, -0.2) is 12.4 Å². The fourth-order valence-electron chi connectivity index (χ4n) is 5.24. The summed E-state index contributed by atoms with van der Waals surface area (Å²) in [5, 5.41) is 15.6. The number of carbonyl (C=O) groups is 1. The SMILES string of the molecule is COC(=O)Cc1cccc(Cn2ccc(-c3cccc(Oc4ccc5c(ccn5S(=O)(=O)c5ccc(C)cc5)c4CO)c3)n2)c1. The van der Waals surface area contributed by atoms with Crippen LogP contribution >= 0.6 is 0 Å². The first-order valence-electron chi connectivity index (χ1n) is 14.3. The van der Waals surface area contributed by atoms with Crippen molar-refractivity contribution in [3.8, 4) is 22.8 Å². The molecule has 4 aromatic carbocycles. The van der Waals surface area contributed by atoms with Crippen LogP contribution in [0.3, 0.4) is 0 Å². The molecule has 0 saturated heterocycles. The summed E-state index contributed by atoms with van der Waals surface area (Å²) < 4.78 is 40.8. The van der Waals surface area contributed by atoms with Gasteiger partial charge in [0.15, 0.2) is 0 Å². The second-order valence-corrected chi connectivity index (χ2v) is 12.5. The second kappa shape index (κ2) is 12.4. The highest BCUT2D eigenvalue weighted by molar-refractivity contribution is 7.90. The first kappa shape index (κ1) is 29.9. The Morgan fingerprint density at radius 1 is 0.889 bits per heavy atom. The molecule has 0 unspecified atom stereocenters. The van der Waals surface area contributed by atoms with Crippen LogP contribution in [-0.4, -0.2) is 40.4 Å². The molecule has 1 N–H and O–H groups in total. The third-order valence-corrected chi connectivity index (χ3v) is 9.26. The zero-order valence-corrected chi connectivity index (χ0v) is 25.6. The smallest absolute Gasteiger partial charge is 0.309 e. The maximum atomic E-state index is 13.4. The zero-order valence-electron chi connectivity index (χ0n) is 24.8. The second-order valence-electron chi connectivity index (χ2n) is 10.7. The fraction of sp³-hybridized carbons (Fsp3) is 0.143. The highest BCUT2D eigenvalue weighted by atomic mass is 32.2. The minimum Gasteiger partial charge on any atom is -0.469 e. The van der Waals surface area contributed by atoms with Crippen LogP contribution in [0.25, 0.3) is 22.2 Å². The summed E-state index contributed by atoms with van der Waals surface area (Å²) in [5.41, 5.74) is 5.37. The molecule has 0 spiro atoms. The highest BCUT2D eigenvalue weighted by Crippen LogP contribution is 2.35. The van der Waals surface area contributed by atoms with Crippen LogP contribution in [0, 0.1) is 6.92 Å². The predicted octanol–water partition coefficient (Wildman–Crippen LogP) is 6.10. The molecule has 9 nitrogen and oxygen atoms in total. The Kier molecular flexibility index (Phi) is 8.25. The van der Waals surface area contributed by atoms with Crippen LogP contribution in [0.1, 0.15) is 22.3 Å². The Morgan fingerprint density at radius 3 is 2.44 bits per heavy atom. The zero-order chi connectivity index (χ0) is 31.6. The average Bonchev–Trinajstić information content (AvgIpc) is 3.69. The molecule has 0 radical (unpaired) electrons. The number of aliphatic hydroxyl groups is 1. The molecule has 2 heterocycles. The number of aromatic nitrogens is 3. The quantitative estimate of drug-likeness (QED) is 0.184. The maximum Gasteiger partial charge on any atom is 0.309 e. The van der Waals surface area contributed by atoms with E-state index in [2.05, 4.69) is 0 Å². The number of carbonyl (C=O) groups excluding carboxylic acids is 1. The van der Waals surface area contributed by atoms with Crippen LogP contribution in [0.2, 0.25) is 0 Å². The van der Waals surface area contributed by atoms with Gasteiger partial charge in [-0.05, 0) is 66.6 Å². The first-order valence-corrected chi connectivity index (χ1v) is 15.7. The van der Waals surface area contributed by atoms with Gasteiger partial charge in [-0.15, -0.1) is 0 Å². The Balaban J connectivity index is 1.23. The number of ether oxygens (including phenoxy) is 2. The summed E-state index contributed by atoms with van der Waals surface area (Å²) in [4.78, 5) is 11.8. The third-order valence-electron chi connectivity index (χ3n) is 7.55. The lowest BCUT2D eigenvalue weighted by Crippen LogP contribution is -2.11. The number of esters is 1. The lowest BCUT2D eigenvalue weighted by atomic mass is 10.1. The van der Waals surface area contributed by atoms with Crippen LogP contribution < -0.4 is 4.74 Å². The molecule has 10 heteroatoms. The van der Waals surface area contributed by atoms with E-state index in [-0.39, 0.29) is 23.9 Å². The normalized spacial score (nSPS) is 11.5. The summed E-state index contributed by atoms with van der Waals surface area (Å²) in [7, 11) is -2.45. The summed E-state index contributed by atoms with van der Waals surface area (Å²) in [6.45, 7) is 2.09. The number of benzene rings is 4. The largest absolute Gasteiger partial charge is 0.469 e. The number of nitrogens with zero attached hydrogens (tertiary/aromatic N) is 3. The van der Waals surface area contributed by atoms with Crippen molar-refractivity contribution < 1.29 is 27.8 Å². The van der Waals surface area contributed by atoms with Crippen molar-refractivity contribution in [3.05, 3.63) is 132 Å². The predicted molar refractivity (Wildman–Crippen MR) is 171 cm³/mol. The van der Waals surface area contributed by atoms with E-state index in [9.17, 15) is 18.3 Å². The van der Waals surface area contributed by atoms with E-state index in [0.29, 0.717) is 34.5 Å². The van der Waals surface area contributed by atoms with Gasteiger partial charge < -0.3 is 14.6 Å². The Labute approximate surface area is 261 Å². The molecule has 0 bridgehead atoms. The summed E-state index contributed by atoms with van der Waals surface area (Å²) in [6.07, 6.45) is 3.60. The minimum absolute atomic E-state index is 0.183. The number of fused-ring (bicyclic) bond motifs is 1. The van der Waals surface area contributed by atoms with Crippen LogP contribution in [-0.2, 0) is 39.1 Å². The lowest BCUT2D eigenvalue weighted by molar-refractivity contribution is -0.139. The van der Waals surface area contributed by atoms with Gasteiger partial charge in [0.25, 0.3) is 10.0 Å². The van der Waals surface area contributed by atoms with Gasteiger partial charge in [0.2, 0.25) is 0 Å². The highest BCUT2D eigenvalue weighted by Gasteiger charge is 2.21. The number of aryl methyl sites for hydroxylation is 1. The molecular formula is C35H31N3O6S. The van der Waals surface area contributed by atoms with Crippen molar-refractivity contribution in [2.75, 3.05) is 7.11 Å². The Hall–Kier alpha value is -5.19. The van der Waals surface area contributed by atoms with Crippen molar-refractivity contribution in [1.29, 1.82) is 0 Å². The molecule has 45 heavy (non-hydrogen) atoms. The number of aliphatic hydroxyl groups excluding tert-OH is 1. The van der Waals surface area contributed by atoms with Crippen molar-refractivity contribution in [3.63, 3.8) is 0 Å². The van der Waals surface area contributed by atoms with E-state index in [1.54, 1.807) is 42.5 Å². The molecule has 6 aromatic rings. The standard InChI is InChI=1S/C35H31N3O6S/c1-24-9-11-29(12-10-24)45(41,42)38-18-15-30-31(23-39)34(14-13-33(30)38)44-28-8-4-7-27(21-28)32-16-17-37(36-32)22-26-6-3-5-25(19-26)20-35(40)43-2/h3-19,21,39H,20,22-23H2,1-2H3. The van der Waals surface area contributed by atoms with Gasteiger partial charge in [-0.2, -0.15) is 5.10 Å². The molecule has 6 rings (SSSR count). The van der Waals surface area contributed by atoms with Gasteiger partial charge in [-0.1, -0.05) is 54.1 Å². The Morgan fingerprint density at radius 2 is 1.67 bits per heavy atom. The molecule has 0 aliphatic heterocycles. The van der Waals surface area contributed by atoms with E-state index in [1.165, 1.54) is 17.3 Å². The fourth-order valence-corrected chi connectivity index (χ4v) is 6.58. The van der Waals surface area contributed by atoms with Gasteiger partial charge in [-0.3, -0.25) is 9.48 Å².